The van der Waals surface area contributed by atoms with Gasteiger partial charge in [0.15, 0.2) is 0 Å². The monoisotopic (exact) mass is 472 g/mol. The van der Waals surface area contributed by atoms with Crippen LogP contribution in [0.3, 0.4) is 0 Å². The Kier molecular flexibility index (Phi) is 6.51. The maximum atomic E-state index is 13.4. The van der Waals surface area contributed by atoms with Crippen LogP contribution < -0.4 is 15.4 Å². The Bertz CT molecular complexity index is 1100. The van der Waals surface area contributed by atoms with Gasteiger partial charge >= 0.3 is 6.18 Å². The van der Waals surface area contributed by atoms with E-state index in [-0.39, 0.29) is 17.8 Å². The van der Waals surface area contributed by atoms with Crippen molar-refractivity contribution < 1.29 is 17.9 Å². The van der Waals surface area contributed by atoms with Gasteiger partial charge in [0.2, 0.25) is 0 Å². The fraction of sp³-hybridized carbons (Fsp3) is 0.458. The Morgan fingerprint density at radius 2 is 1.91 bits per heavy atom. The summed E-state index contributed by atoms with van der Waals surface area (Å²) in [5.74, 6) is 0.0744. The van der Waals surface area contributed by atoms with E-state index in [1.165, 1.54) is 5.56 Å². The normalized spacial score (nSPS) is 20.9. The minimum Gasteiger partial charge on any atom is -0.493 e. The van der Waals surface area contributed by atoms with Crippen molar-refractivity contribution in [2.24, 2.45) is 5.92 Å². The molecule has 34 heavy (non-hydrogen) atoms. The molecule has 2 aromatic carbocycles. The lowest BCUT2D eigenvalue weighted by molar-refractivity contribution is -0.146. The standard InChI is InChI=1S/C24H27F3N6O/c25-24(26,27)23-30-31-32-33(23)19-10-11-21(34-15-16-8-9-16)18(13-19)14-29-20-7-4-12-28-22(20)17-5-2-1-3-6-17/h1-3,5-6,10-11,13,16,20,22,28-29H,4,7-9,12,14-15H2. The molecule has 2 fully saturated rings. The number of tetrazole rings is 1. The van der Waals surface area contributed by atoms with Gasteiger partial charge in [0.25, 0.3) is 5.82 Å². The summed E-state index contributed by atoms with van der Waals surface area (Å²) in [6, 6.07) is 15.6. The molecule has 0 amide bonds. The summed E-state index contributed by atoms with van der Waals surface area (Å²) in [5, 5.41) is 17.2. The summed E-state index contributed by atoms with van der Waals surface area (Å²) < 4.78 is 46.8. The van der Waals surface area contributed by atoms with Crippen molar-refractivity contribution in [1.29, 1.82) is 0 Å². The van der Waals surface area contributed by atoms with Crippen molar-refractivity contribution in [3.05, 3.63) is 65.5 Å². The van der Waals surface area contributed by atoms with Crippen LogP contribution in [0.25, 0.3) is 5.69 Å². The summed E-state index contributed by atoms with van der Waals surface area (Å²) in [6.07, 6.45) is -0.309. The van der Waals surface area contributed by atoms with Gasteiger partial charge in [-0.1, -0.05) is 30.3 Å². The first kappa shape index (κ1) is 22.8. The zero-order valence-electron chi connectivity index (χ0n) is 18.6. The van der Waals surface area contributed by atoms with Gasteiger partial charge in [-0.15, -0.1) is 5.10 Å². The fourth-order valence-electron chi connectivity index (χ4n) is 4.37. The predicted molar refractivity (Wildman–Crippen MR) is 119 cm³/mol. The topological polar surface area (TPSA) is 76.9 Å². The second kappa shape index (κ2) is 9.71. The van der Waals surface area contributed by atoms with Gasteiger partial charge in [-0.3, -0.25) is 0 Å². The van der Waals surface area contributed by atoms with E-state index in [2.05, 4.69) is 38.3 Å². The number of alkyl halides is 3. The molecule has 2 N–H and O–H groups in total. The molecule has 0 spiro atoms. The highest BCUT2D eigenvalue weighted by Gasteiger charge is 2.38. The van der Waals surface area contributed by atoms with Crippen LogP contribution in [0.5, 0.6) is 5.75 Å². The summed E-state index contributed by atoms with van der Waals surface area (Å²) in [7, 11) is 0. The summed E-state index contributed by atoms with van der Waals surface area (Å²) >= 11 is 0. The Labute approximate surface area is 195 Å². The van der Waals surface area contributed by atoms with Crippen molar-refractivity contribution in [3.63, 3.8) is 0 Å². The molecule has 1 aliphatic heterocycles. The van der Waals surface area contributed by atoms with Gasteiger partial charge in [0.1, 0.15) is 5.75 Å². The molecule has 2 heterocycles. The molecular weight excluding hydrogens is 445 g/mol. The van der Waals surface area contributed by atoms with Crippen LogP contribution in [0.15, 0.2) is 48.5 Å². The zero-order chi connectivity index (χ0) is 23.5. The number of nitrogens with zero attached hydrogens (tertiary/aromatic N) is 4. The first-order chi connectivity index (χ1) is 16.5. The molecule has 1 saturated heterocycles. The van der Waals surface area contributed by atoms with E-state index < -0.39 is 12.0 Å². The molecule has 2 aliphatic rings. The fourth-order valence-corrected chi connectivity index (χ4v) is 4.37. The SMILES string of the molecule is FC(F)(F)c1nnnn1-c1ccc(OCC2CC2)c(CNC2CCCNC2c2ccccc2)c1. The van der Waals surface area contributed by atoms with Gasteiger partial charge < -0.3 is 15.4 Å². The number of piperidine rings is 1. The quantitative estimate of drug-likeness (QED) is 0.515. The molecule has 1 saturated carbocycles. The first-order valence-electron chi connectivity index (χ1n) is 11.6. The van der Waals surface area contributed by atoms with Crippen LogP contribution in [-0.2, 0) is 12.7 Å². The summed E-state index contributed by atoms with van der Waals surface area (Å²) in [6.45, 7) is 2.01. The number of aromatic nitrogens is 4. The van der Waals surface area contributed by atoms with Crippen LogP contribution in [0, 0.1) is 5.92 Å². The molecule has 0 radical (unpaired) electrons. The van der Waals surface area contributed by atoms with Gasteiger partial charge in [0, 0.05) is 24.2 Å². The van der Waals surface area contributed by atoms with Gasteiger partial charge in [-0.2, -0.15) is 17.9 Å². The highest BCUT2D eigenvalue weighted by molar-refractivity contribution is 5.44. The van der Waals surface area contributed by atoms with E-state index in [1.807, 2.05) is 18.2 Å². The third-order valence-corrected chi connectivity index (χ3v) is 6.36. The molecule has 5 rings (SSSR count). The molecule has 7 nitrogen and oxygen atoms in total. The average molecular weight is 473 g/mol. The lowest BCUT2D eigenvalue weighted by atomic mass is 9.92. The number of rotatable bonds is 8. The van der Waals surface area contributed by atoms with Crippen molar-refractivity contribution in [2.75, 3.05) is 13.2 Å². The van der Waals surface area contributed by atoms with Gasteiger partial charge in [0.05, 0.1) is 12.3 Å². The molecule has 1 aliphatic carbocycles. The van der Waals surface area contributed by atoms with E-state index >= 15 is 0 Å². The number of halogens is 3. The number of hydrogen-bond acceptors (Lipinski definition) is 6. The number of ether oxygens (including phenoxy) is 1. The largest absolute Gasteiger partial charge is 0.493 e. The van der Waals surface area contributed by atoms with E-state index in [4.69, 9.17) is 4.74 Å². The average Bonchev–Trinajstić information content (AvgIpc) is 3.54. The molecule has 2 unspecified atom stereocenters. The molecular formula is C24H27F3N6O. The highest BCUT2D eigenvalue weighted by Crippen LogP contribution is 2.33. The lowest BCUT2D eigenvalue weighted by Gasteiger charge is -2.34. The second-order valence-corrected chi connectivity index (χ2v) is 8.93. The summed E-state index contributed by atoms with van der Waals surface area (Å²) in [5.41, 5.74) is 2.23. The minimum absolute atomic E-state index is 0.158. The number of benzene rings is 2. The van der Waals surface area contributed by atoms with Crippen LogP contribution in [0.2, 0.25) is 0 Å². The van der Waals surface area contributed by atoms with Crippen molar-refractivity contribution >= 4 is 0 Å². The van der Waals surface area contributed by atoms with Crippen LogP contribution in [0.4, 0.5) is 13.2 Å². The Morgan fingerprint density at radius 3 is 2.68 bits per heavy atom. The van der Waals surface area contributed by atoms with E-state index in [0.717, 1.165) is 42.5 Å². The molecule has 1 aromatic heterocycles. The van der Waals surface area contributed by atoms with Crippen LogP contribution in [-0.4, -0.2) is 39.4 Å². The van der Waals surface area contributed by atoms with E-state index in [0.29, 0.717) is 24.8 Å². The third-order valence-electron chi connectivity index (χ3n) is 6.36. The Hall–Kier alpha value is -2.98. The van der Waals surface area contributed by atoms with Crippen LogP contribution >= 0.6 is 0 Å². The third kappa shape index (κ3) is 5.23. The van der Waals surface area contributed by atoms with Crippen LogP contribution in [0.1, 0.15) is 48.7 Å². The Balaban J connectivity index is 1.39. The molecule has 10 heteroatoms. The highest BCUT2D eigenvalue weighted by atomic mass is 19.4. The first-order valence-corrected chi connectivity index (χ1v) is 11.6. The molecule has 2 atom stereocenters. The lowest BCUT2D eigenvalue weighted by Crippen LogP contribution is -2.45. The van der Waals surface area contributed by atoms with E-state index in [9.17, 15) is 13.2 Å². The molecule has 0 bridgehead atoms. The van der Waals surface area contributed by atoms with E-state index in [1.54, 1.807) is 18.2 Å². The summed E-state index contributed by atoms with van der Waals surface area (Å²) in [4.78, 5) is 0. The zero-order valence-corrected chi connectivity index (χ0v) is 18.6. The number of nitrogens with one attached hydrogen (secondary N) is 2. The molecule has 180 valence electrons. The second-order valence-electron chi connectivity index (χ2n) is 8.93. The van der Waals surface area contributed by atoms with Gasteiger partial charge in [-0.05, 0) is 72.3 Å². The Morgan fingerprint density at radius 1 is 1.09 bits per heavy atom. The van der Waals surface area contributed by atoms with Gasteiger partial charge in [-0.25, -0.2) is 0 Å². The number of hydrogen-bond donors (Lipinski definition) is 2. The van der Waals surface area contributed by atoms with Crippen molar-refractivity contribution in [1.82, 2.24) is 30.8 Å². The smallest absolute Gasteiger partial charge is 0.453 e. The minimum atomic E-state index is -4.65. The molecule has 3 aromatic rings. The van der Waals surface area contributed by atoms with Crippen molar-refractivity contribution in [3.8, 4) is 11.4 Å². The maximum absolute atomic E-state index is 13.4. The van der Waals surface area contributed by atoms with Crippen molar-refractivity contribution in [2.45, 2.75) is 50.5 Å². The maximum Gasteiger partial charge on any atom is 0.453 e. The predicted octanol–water partition coefficient (Wildman–Crippen LogP) is 4.05.